The Kier molecular flexibility index (Phi) is 8.43. The maximum atomic E-state index is 6.32. The van der Waals surface area contributed by atoms with Crippen molar-refractivity contribution in [1.29, 1.82) is 0 Å². The van der Waals surface area contributed by atoms with Crippen LogP contribution in [0.2, 0.25) is 0 Å². The number of nitrogens with zero attached hydrogens (tertiary/aromatic N) is 2. The lowest BCUT2D eigenvalue weighted by atomic mass is 9.99. The molecule has 5 aromatic carbocycles. The zero-order valence-electron chi connectivity index (χ0n) is 26.9. The number of unbranched alkanes of at least 4 members (excludes halogenated alkanes) is 1. The van der Waals surface area contributed by atoms with Crippen LogP contribution in [0.25, 0.3) is 16.8 Å². The fourth-order valence-corrected chi connectivity index (χ4v) is 6.44. The van der Waals surface area contributed by atoms with Gasteiger partial charge in [-0.3, -0.25) is 5.43 Å². The van der Waals surface area contributed by atoms with E-state index in [-0.39, 0.29) is 12.3 Å². The molecular formula is C42H41N3O. The number of nitrogens with one attached hydrogen (secondary N) is 1. The van der Waals surface area contributed by atoms with Crippen molar-refractivity contribution in [1.82, 2.24) is 5.43 Å². The summed E-state index contributed by atoms with van der Waals surface area (Å²) in [6.45, 7) is 6.51. The lowest BCUT2D eigenvalue weighted by Crippen LogP contribution is -2.22. The van der Waals surface area contributed by atoms with Crippen molar-refractivity contribution in [3.8, 4) is 11.1 Å². The van der Waals surface area contributed by atoms with Gasteiger partial charge in [-0.1, -0.05) is 122 Å². The Morgan fingerprint density at radius 3 is 2.13 bits per heavy atom. The third kappa shape index (κ3) is 6.21. The van der Waals surface area contributed by atoms with E-state index in [0.717, 1.165) is 29.5 Å². The van der Waals surface area contributed by atoms with E-state index in [1.807, 2.05) is 0 Å². The number of rotatable bonds is 9. The van der Waals surface area contributed by atoms with Gasteiger partial charge < -0.3 is 9.64 Å². The molecule has 0 bridgehead atoms. The van der Waals surface area contributed by atoms with Crippen molar-refractivity contribution in [2.24, 2.45) is 5.10 Å². The lowest BCUT2D eigenvalue weighted by Gasteiger charge is -2.31. The summed E-state index contributed by atoms with van der Waals surface area (Å²) >= 11 is 0. The van der Waals surface area contributed by atoms with Gasteiger partial charge in [0, 0.05) is 22.5 Å². The minimum absolute atomic E-state index is 0.228. The average Bonchev–Trinajstić information content (AvgIpc) is 3.77. The van der Waals surface area contributed by atoms with Crippen LogP contribution in [-0.4, -0.2) is 5.90 Å². The van der Waals surface area contributed by atoms with E-state index in [9.17, 15) is 0 Å². The van der Waals surface area contributed by atoms with E-state index in [1.165, 1.54) is 57.6 Å². The third-order valence-corrected chi connectivity index (χ3v) is 9.09. The Labute approximate surface area is 273 Å². The molecule has 0 spiro atoms. The molecule has 2 aliphatic rings. The molecule has 2 atom stereocenters. The van der Waals surface area contributed by atoms with Gasteiger partial charge in [-0.2, -0.15) is 0 Å². The van der Waals surface area contributed by atoms with Gasteiger partial charge in [-0.15, -0.1) is 5.10 Å². The van der Waals surface area contributed by atoms with Crippen molar-refractivity contribution < 1.29 is 4.74 Å². The summed E-state index contributed by atoms with van der Waals surface area (Å²) in [6.07, 6.45) is 6.52. The summed E-state index contributed by atoms with van der Waals surface area (Å²) in [5.41, 5.74) is 16.5. The highest BCUT2D eigenvalue weighted by atomic mass is 16.5. The van der Waals surface area contributed by atoms with Crippen molar-refractivity contribution in [2.45, 2.75) is 58.7 Å². The molecule has 0 aromatic heterocycles. The predicted octanol–water partition coefficient (Wildman–Crippen LogP) is 10.3. The maximum Gasteiger partial charge on any atom is 0.240 e. The number of aryl methyl sites for hydroxylation is 3. The summed E-state index contributed by atoms with van der Waals surface area (Å²) in [4.78, 5) is 2.51. The number of ether oxygens (including phenoxy) is 1. The molecule has 2 aliphatic heterocycles. The second kappa shape index (κ2) is 13.1. The molecule has 0 radical (unpaired) electrons. The third-order valence-electron chi connectivity index (χ3n) is 9.09. The molecule has 2 heterocycles. The van der Waals surface area contributed by atoms with Crippen LogP contribution in [0.1, 0.15) is 77.4 Å². The van der Waals surface area contributed by atoms with Gasteiger partial charge in [0.15, 0.2) is 0 Å². The van der Waals surface area contributed by atoms with Crippen molar-refractivity contribution in [3.05, 3.63) is 166 Å². The summed E-state index contributed by atoms with van der Waals surface area (Å²) in [5.74, 6) is 0.631. The predicted molar refractivity (Wildman–Crippen MR) is 191 cm³/mol. The molecule has 0 fully saturated rings. The van der Waals surface area contributed by atoms with E-state index in [1.54, 1.807) is 0 Å². The Hall–Kier alpha value is -5.09. The summed E-state index contributed by atoms with van der Waals surface area (Å²) in [6, 6.07) is 44.2. The van der Waals surface area contributed by atoms with Crippen LogP contribution in [0.5, 0.6) is 0 Å². The molecule has 0 saturated carbocycles. The first-order valence-corrected chi connectivity index (χ1v) is 16.5. The molecule has 1 N–H and O–H groups in total. The van der Waals surface area contributed by atoms with E-state index >= 15 is 0 Å². The molecule has 0 amide bonds. The summed E-state index contributed by atoms with van der Waals surface area (Å²) in [7, 11) is 0. The Morgan fingerprint density at radius 1 is 0.717 bits per heavy atom. The van der Waals surface area contributed by atoms with E-state index in [2.05, 4.69) is 164 Å². The van der Waals surface area contributed by atoms with Crippen LogP contribution in [0.15, 0.2) is 133 Å². The smallest absolute Gasteiger partial charge is 0.240 e. The maximum absolute atomic E-state index is 6.32. The van der Waals surface area contributed by atoms with E-state index < -0.39 is 0 Å². The van der Waals surface area contributed by atoms with Crippen LogP contribution < -0.4 is 10.3 Å². The zero-order chi connectivity index (χ0) is 31.5. The minimum Gasteiger partial charge on any atom is -0.446 e. The Morgan fingerprint density at radius 2 is 1.39 bits per heavy atom. The molecule has 0 saturated heterocycles. The fraction of sp³-hybridized carbons (Fsp3) is 0.214. The van der Waals surface area contributed by atoms with Crippen LogP contribution in [-0.2, 0) is 11.2 Å². The van der Waals surface area contributed by atoms with Crippen LogP contribution >= 0.6 is 0 Å². The average molecular weight is 604 g/mol. The Balaban J connectivity index is 1.15. The van der Waals surface area contributed by atoms with Crippen LogP contribution in [0.4, 0.5) is 5.69 Å². The molecule has 46 heavy (non-hydrogen) atoms. The minimum atomic E-state index is -0.335. The highest BCUT2D eigenvalue weighted by molar-refractivity contribution is 5.95. The van der Waals surface area contributed by atoms with Gasteiger partial charge in [0.25, 0.3) is 0 Å². The fourth-order valence-electron chi connectivity index (χ4n) is 6.44. The first-order valence-electron chi connectivity index (χ1n) is 16.5. The second-order valence-electron chi connectivity index (χ2n) is 12.5. The molecule has 230 valence electrons. The highest BCUT2D eigenvalue weighted by Crippen LogP contribution is 2.44. The number of hydrogen-bond donors (Lipinski definition) is 1. The number of anilines is 1. The standard InChI is InChI=1S/C42H41N3O/c1-4-5-8-31-17-23-34(24-18-31)41-43-44-42(46-41)37-11-6-9-35(27-37)36-10-7-12-38(28-36)45-39(32-19-13-29(2)14-20-32)25-26-40(45)33-21-15-30(3)16-22-33/h6-7,9-25,27-28,40,42,44H,4-5,8,26H2,1-3H3. The zero-order valence-corrected chi connectivity index (χ0v) is 26.9. The van der Waals surface area contributed by atoms with Crippen LogP contribution in [0.3, 0.4) is 0 Å². The van der Waals surface area contributed by atoms with E-state index in [0.29, 0.717) is 5.90 Å². The van der Waals surface area contributed by atoms with Gasteiger partial charge in [-0.05, 0) is 91.3 Å². The molecule has 0 aliphatic carbocycles. The molecular weight excluding hydrogens is 562 g/mol. The second-order valence-corrected chi connectivity index (χ2v) is 12.5. The normalized spacial score (nSPS) is 17.3. The van der Waals surface area contributed by atoms with Gasteiger partial charge in [0.05, 0.1) is 6.04 Å². The van der Waals surface area contributed by atoms with Crippen molar-refractivity contribution >= 4 is 17.3 Å². The van der Waals surface area contributed by atoms with Gasteiger partial charge in [0.1, 0.15) is 0 Å². The SMILES string of the molecule is CCCCc1ccc(C2=NNC(c3cccc(-c4cccc(N5C(c6ccc(C)cc6)=CCC5c5ccc(C)cc5)c4)c3)O2)cc1. The molecule has 5 aromatic rings. The highest BCUT2D eigenvalue weighted by Gasteiger charge is 2.30. The number of benzene rings is 5. The van der Waals surface area contributed by atoms with E-state index in [4.69, 9.17) is 4.74 Å². The van der Waals surface area contributed by atoms with Gasteiger partial charge >= 0.3 is 0 Å². The molecule has 4 nitrogen and oxygen atoms in total. The van der Waals surface area contributed by atoms with Gasteiger partial charge in [0.2, 0.25) is 12.1 Å². The summed E-state index contributed by atoms with van der Waals surface area (Å²) < 4.78 is 6.32. The topological polar surface area (TPSA) is 36.9 Å². The molecule has 2 unspecified atom stereocenters. The molecule has 4 heteroatoms. The first kappa shape index (κ1) is 29.6. The van der Waals surface area contributed by atoms with Gasteiger partial charge in [-0.25, -0.2) is 0 Å². The largest absolute Gasteiger partial charge is 0.446 e. The van der Waals surface area contributed by atoms with Crippen LogP contribution in [0, 0.1) is 13.8 Å². The quantitative estimate of drug-likeness (QED) is 0.182. The Bertz CT molecular complexity index is 1870. The number of hydrazone groups is 1. The van der Waals surface area contributed by atoms with Crippen molar-refractivity contribution in [2.75, 3.05) is 4.90 Å². The first-order chi connectivity index (χ1) is 22.6. The summed E-state index contributed by atoms with van der Waals surface area (Å²) in [5, 5.41) is 4.54. The number of hydrogen-bond acceptors (Lipinski definition) is 4. The lowest BCUT2D eigenvalue weighted by molar-refractivity contribution is 0.192. The molecule has 7 rings (SSSR count). The van der Waals surface area contributed by atoms with Crippen molar-refractivity contribution in [3.63, 3.8) is 0 Å². The monoisotopic (exact) mass is 603 g/mol.